The van der Waals surface area contributed by atoms with Gasteiger partial charge in [-0.05, 0) is 54.7 Å². The van der Waals surface area contributed by atoms with Crippen LogP contribution in [0, 0.1) is 29.2 Å². The van der Waals surface area contributed by atoms with Gasteiger partial charge in [0.1, 0.15) is 23.3 Å². The van der Waals surface area contributed by atoms with Gasteiger partial charge in [0.15, 0.2) is 0 Å². The van der Waals surface area contributed by atoms with Gasteiger partial charge in [-0.15, -0.1) is 6.58 Å². The summed E-state index contributed by atoms with van der Waals surface area (Å²) in [5.41, 5.74) is -1.66. The molecule has 0 unspecified atom stereocenters. The van der Waals surface area contributed by atoms with Gasteiger partial charge < -0.3 is 10.2 Å². The van der Waals surface area contributed by atoms with Crippen LogP contribution < -0.4 is 0 Å². The maximum absolute atomic E-state index is 13.7. The fraction of sp³-hybridized carbons (Fsp3) is 0.333. The van der Waals surface area contributed by atoms with Crippen LogP contribution in [0.15, 0.2) is 49.1 Å². The maximum Gasteiger partial charge on any atom is 0.126 e. The van der Waals surface area contributed by atoms with Crippen LogP contribution in [0.25, 0.3) is 0 Å². The number of aliphatic hydroxyl groups is 2. The Hall–Kier alpha value is -2.18. The zero-order valence-electron chi connectivity index (χ0n) is 14.9. The van der Waals surface area contributed by atoms with E-state index < -0.39 is 40.9 Å². The Morgan fingerprint density at radius 3 is 1.89 bits per heavy atom. The van der Waals surface area contributed by atoms with Gasteiger partial charge in [0.2, 0.25) is 0 Å². The molecule has 0 bridgehead atoms. The average molecular weight is 382 g/mol. The first-order valence-electron chi connectivity index (χ1n) is 8.65. The van der Waals surface area contributed by atoms with E-state index in [9.17, 15) is 27.8 Å². The van der Waals surface area contributed by atoms with Crippen molar-refractivity contribution in [1.82, 2.24) is 0 Å². The summed E-state index contributed by atoms with van der Waals surface area (Å²) in [6.45, 7) is 5.45. The molecule has 0 saturated carbocycles. The molecule has 2 N–H and O–H groups in total. The number of hydrogen-bond acceptors (Lipinski definition) is 2. The van der Waals surface area contributed by atoms with Crippen LogP contribution in [-0.2, 0) is 5.60 Å². The Morgan fingerprint density at radius 1 is 0.963 bits per heavy atom. The molecule has 2 aromatic rings. The van der Waals surface area contributed by atoms with Crippen molar-refractivity contribution in [2.75, 3.05) is 0 Å². The molecular formula is C21H22F4O2. The van der Waals surface area contributed by atoms with Gasteiger partial charge in [-0.25, -0.2) is 17.6 Å². The first-order chi connectivity index (χ1) is 12.7. The van der Waals surface area contributed by atoms with E-state index in [4.69, 9.17) is 0 Å². The van der Waals surface area contributed by atoms with Gasteiger partial charge >= 0.3 is 0 Å². The quantitative estimate of drug-likeness (QED) is 0.489. The summed E-state index contributed by atoms with van der Waals surface area (Å²) in [7, 11) is 0. The molecule has 6 heteroatoms. The van der Waals surface area contributed by atoms with Crippen molar-refractivity contribution in [3.63, 3.8) is 0 Å². The van der Waals surface area contributed by atoms with E-state index in [0.717, 1.165) is 24.3 Å². The average Bonchev–Trinajstić information content (AvgIpc) is 2.59. The van der Waals surface area contributed by atoms with Crippen LogP contribution in [0.1, 0.15) is 43.4 Å². The molecule has 0 fully saturated rings. The van der Waals surface area contributed by atoms with Crippen molar-refractivity contribution in [1.29, 1.82) is 0 Å². The molecule has 0 amide bonds. The van der Waals surface area contributed by atoms with E-state index in [2.05, 4.69) is 6.58 Å². The van der Waals surface area contributed by atoms with Crippen molar-refractivity contribution in [2.45, 2.75) is 37.9 Å². The lowest BCUT2D eigenvalue weighted by molar-refractivity contribution is -0.0277. The fourth-order valence-electron chi connectivity index (χ4n) is 3.34. The summed E-state index contributed by atoms with van der Waals surface area (Å²) < 4.78 is 54.1. The Balaban J connectivity index is 2.33. The maximum atomic E-state index is 13.7. The molecule has 3 atom stereocenters. The van der Waals surface area contributed by atoms with Crippen LogP contribution in [0.2, 0.25) is 0 Å². The van der Waals surface area contributed by atoms with E-state index in [0.29, 0.717) is 18.6 Å². The van der Waals surface area contributed by atoms with Crippen molar-refractivity contribution >= 4 is 0 Å². The van der Waals surface area contributed by atoms with Crippen LogP contribution in [-0.4, -0.2) is 10.2 Å². The van der Waals surface area contributed by atoms with E-state index in [1.165, 1.54) is 6.08 Å². The third-order valence-electron chi connectivity index (χ3n) is 4.77. The highest BCUT2D eigenvalue weighted by molar-refractivity contribution is 5.27. The highest BCUT2D eigenvalue weighted by Gasteiger charge is 2.37. The third kappa shape index (κ3) is 4.96. The molecule has 2 nitrogen and oxygen atoms in total. The predicted molar refractivity (Wildman–Crippen MR) is 94.8 cm³/mol. The zero-order valence-corrected chi connectivity index (χ0v) is 14.9. The molecular weight excluding hydrogens is 360 g/mol. The van der Waals surface area contributed by atoms with Crippen LogP contribution >= 0.6 is 0 Å². The van der Waals surface area contributed by atoms with Gasteiger partial charge in [0.25, 0.3) is 0 Å². The SMILES string of the molecule is C=C[C@H](CC)[C@@](O)(CC[C@@H](O)c1cc(F)cc(F)c1)c1cc(F)cc(F)c1. The highest BCUT2D eigenvalue weighted by Crippen LogP contribution is 2.39. The smallest absolute Gasteiger partial charge is 0.126 e. The van der Waals surface area contributed by atoms with E-state index in [-0.39, 0.29) is 24.0 Å². The molecule has 0 saturated heterocycles. The van der Waals surface area contributed by atoms with Gasteiger partial charge in [-0.1, -0.05) is 13.0 Å². The Labute approximate surface area is 155 Å². The lowest BCUT2D eigenvalue weighted by atomic mass is 9.76. The summed E-state index contributed by atoms with van der Waals surface area (Å²) in [6.07, 6.45) is 0.476. The van der Waals surface area contributed by atoms with Crippen molar-refractivity contribution in [2.24, 2.45) is 5.92 Å². The molecule has 0 aliphatic heterocycles. The summed E-state index contributed by atoms with van der Waals surface area (Å²) in [4.78, 5) is 0. The first-order valence-corrected chi connectivity index (χ1v) is 8.65. The predicted octanol–water partition coefficient (Wildman–Crippen LogP) is 5.16. The highest BCUT2D eigenvalue weighted by atomic mass is 19.1. The van der Waals surface area contributed by atoms with E-state index >= 15 is 0 Å². The molecule has 0 aliphatic rings. The number of benzene rings is 2. The normalized spacial score (nSPS) is 15.8. The summed E-state index contributed by atoms with van der Waals surface area (Å²) >= 11 is 0. The number of aliphatic hydroxyl groups excluding tert-OH is 1. The number of halogens is 4. The molecule has 0 heterocycles. The van der Waals surface area contributed by atoms with Crippen molar-refractivity contribution < 1.29 is 27.8 Å². The van der Waals surface area contributed by atoms with E-state index in [1.807, 2.05) is 0 Å². The van der Waals surface area contributed by atoms with Gasteiger partial charge in [-0.2, -0.15) is 0 Å². The van der Waals surface area contributed by atoms with E-state index in [1.54, 1.807) is 6.92 Å². The van der Waals surface area contributed by atoms with Crippen LogP contribution in [0.5, 0.6) is 0 Å². The second-order valence-corrected chi connectivity index (χ2v) is 6.59. The second-order valence-electron chi connectivity index (χ2n) is 6.59. The lowest BCUT2D eigenvalue weighted by Crippen LogP contribution is -2.34. The summed E-state index contributed by atoms with van der Waals surface area (Å²) in [5, 5.41) is 21.5. The Kier molecular flexibility index (Phi) is 6.78. The second kappa shape index (κ2) is 8.67. The number of rotatable bonds is 8. The molecule has 0 spiro atoms. The third-order valence-corrected chi connectivity index (χ3v) is 4.77. The Morgan fingerprint density at radius 2 is 1.44 bits per heavy atom. The van der Waals surface area contributed by atoms with Gasteiger partial charge in [0.05, 0.1) is 11.7 Å². The van der Waals surface area contributed by atoms with Crippen molar-refractivity contribution in [3.05, 3.63) is 83.4 Å². The van der Waals surface area contributed by atoms with Crippen molar-refractivity contribution in [3.8, 4) is 0 Å². The minimum Gasteiger partial charge on any atom is -0.388 e. The minimum atomic E-state index is -1.70. The Bertz CT molecular complexity index is 768. The zero-order chi connectivity index (χ0) is 20.2. The largest absolute Gasteiger partial charge is 0.388 e. The topological polar surface area (TPSA) is 40.5 Å². The van der Waals surface area contributed by atoms with Crippen LogP contribution in [0.4, 0.5) is 17.6 Å². The van der Waals surface area contributed by atoms with Crippen LogP contribution in [0.3, 0.4) is 0 Å². The first kappa shape index (κ1) is 21.1. The summed E-state index contributed by atoms with van der Waals surface area (Å²) in [6, 6.07) is 5.45. The monoisotopic (exact) mass is 382 g/mol. The minimum absolute atomic E-state index is 0.0179. The number of hydrogen-bond donors (Lipinski definition) is 2. The lowest BCUT2D eigenvalue weighted by Gasteiger charge is -2.35. The fourth-order valence-corrected chi connectivity index (χ4v) is 3.34. The summed E-state index contributed by atoms with van der Waals surface area (Å²) in [5.74, 6) is -3.88. The molecule has 0 aromatic heterocycles. The molecule has 27 heavy (non-hydrogen) atoms. The van der Waals surface area contributed by atoms with Gasteiger partial charge in [-0.3, -0.25) is 0 Å². The molecule has 2 aromatic carbocycles. The van der Waals surface area contributed by atoms with Gasteiger partial charge in [0, 0.05) is 18.1 Å². The standard InChI is InChI=1S/C21H22F4O2/c1-3-14(4-2)21(27,15-9-18(24)12-19(25)10-15)6-5-20(26)13-7-16(22)11-17(23)8-13/h3,7-12,14,20,26-27H,1,4-6H2,2H3/t14-,20-,21+/m1/s1. The molecule has 0 aliphatic carbocycles. The molecule has 0 radical (unpaired) electrons. The molecule has 146 valence electrons. The molecule has 2 rings (SSSR count).